The first kappa shape index (κ1) is 24.3. The van der Waals surface area contributed by atoms with Crippen LogP contribution in [0.2, 0.25) is 0 Å². The number of carbonyl (C=O) groups is 1. The number of nitrogens with one attached hydrogen (secondary N) is 3. The van der Waals surface area contributed by atoms with Gasteiger partial charge >= 0.3 is 0 Å². The van der Waals surface area contributed by atoms with Crippen LogP contribution in [0.5, 0.6) is 0 Å². The number of halogens is 3. The molecule has 1 aliphatic rings. The van der Waals surface area contributed by atoms with Crippen molar-refractivity contribution >= 4 is 16.8 Å². The van der Waals surface area contributed by atoms with Gasteiger partial charge in [0, 0.05) is 18.0 Å². The van der Waals surface area contributed by atoms with Crippen LogP contribution in [0.15, 0.2) is 36.4 Å². The zero-order chi connectivity index (χ0) is 24.5. The maximum absolute atomic E-state index is 14.5. The van der Waals surface area contributed by atoms with Gasteiger partial charge < -0.3 is 15.0 Å². The average molecular weight is 474 g/mol. The highest BCUT2D eigenvalue weighted by atomic mass is 19.1. The Morgan fingerprint density at radius 2 is 1.79 bits per heavy atom. The fraction of sp³-hybridized carbons (Fsp3) is 0.423. The van der Waals surface area contributed by atoms with Gasteiger partial charge in [-0.15, -0.1) is 0 Å². The van der Waals surface area contributed by atoms with Crippen molar-refractivity contribution in [1.29, 1.82) is 0 Å². The summed E-state index contributed by atoms with van der Waals surface area (Å²) < 4.78 is 47.5. The van der Waals surface area contributed by atoms with Gasteiger partial charge in [-0.3, -0.25) is 10.1 Å². The van der Waals surface area contributed by atoms with Crippen LogP contribution in [-0.2, 0) is 9.53 Å². The summed E-state index contributed by atoms with van der Waals surface area (Å²) in [4.78, 5) is 15.2. The van der Waals surface area contributed by atoms with Gasteiger partial charge in [-0.25, -0.2) is 13.2 Å². The second-order valence-corrected chi connectivity index (χ2v) is 9.90. The van der Waals surface area contributed by atoms with E-state index in [0.717, 1.165) is 24.5 Å². The van der Waals surface area contributed by atoms with Gasteiger partial charge in [-0.2, -0.15) is 0 Å². The third-order valence-electron chi connectivity index (χ3n) is 6.12. The van der Waals surface area contributed by atoms with Gasteiger partial charge in [0.25, 0.3) is 0 Å². The molecular formula is C26H30F3N3O2. The van der Waals surface area contributed by atoms with Crippen LogP contribution in [0.3, 0.4) is 0 Å². The molecule has 0 aliphatic heterocycles. The number of aromatic nitrogens is 1. The van der Waals surface area contributed by atoms with E-state index in [9.17, 15) is 18.0 Å². The molecule has 34 heavy (non-hydrogen) atoms. The summed E-state index contributed by atoms with van der Waals surface area (Å²) in [5.74, 6) is -1.42. The summed E-state index contributed by atoms with van der Waals surface area (Å²) in [7, 11) is 0. The molecule has 0 saturated heterocycles. The molecule has 1 aromatic heterocycles. The summed E-state index contributed by atoms with van der Waals surface area (Å²) >= 11 is 0. The van der Waals surface area contributed by atoms with Gasteiger partial charge in [0.05, 0.1) is 30.1 Å². The highest BCUT2D eigenvalue weighted by Gasteiger charge is 2.34. The van der Waals surface area contributed by atoms with Crippen molar-refractivity contribution in [2.24, 2.45) is 5.92 Å². The van der Waals surface area contributed by atoms with E-state index >= 15 is 0 Å². The van der Waals surface area contributed by atoms with Crippen molar-refractivity contribution in [2.75, 3.05) is 19.8 Å². The third kappa shape index (κ3) is 5.62. The van der Waals surface area contributed by atoms with Crippen LogP contribution in [0, 0.1) is 23.4 Å². The van der Waals surface area contributed by atoms with Gasteiger partial charge in [0.15, 0.2) is 0 Å². The molecule has 5 nitrogen and oxygen atoms in total. The molecule has 0 bridgehead atoms. The second-order valence-electron chi connectivity index (χ2n) is 9.90. The minimum absolute atomic E-state index is 0.0789. The van der Waals surface area contributed by atoms with Gasteiger partial charge in [-0.1, -0.05) is 0 Å². The molecule has 1 fully saturated rings. The summed E-state index contributed by atoms with van der Waals surface area (Å²) in [6.45, 7) is 6.83. The molecule has 8 heteroatoms. The van der Waals surface area contributed by atoms with Gasteiger partial charge in [0.2, 0.25) is 5.91 Å². The van der Waals surface area contributed by atoms with Crippen molar-refractivity contribution in [3.63, 3.8) is 0 Å². The number of amides is 1. The molecule has 1 aliphatic carbocycles. The first-order chi connectivity index (χ1) is 16.1. The smallest absolute Gasteiger partial charge is 0.234 e. The lowest BCUT2D eigenvalue weighted by Gasteiger charge is -2.36. The van der Waals surface area contributed by atoms with E-state index in [2.05, 4.69) is 15.6 Å². The number of aromatic amines is 1. The topological polar surface area (TPSA) is 66.2 Å². The predicted molar refractivity (Wildman–Crippen MR) is 126 cm³/mol. The van der Waals surface area contributed by atoms with Crippen LogP contribution in [0.25, 0.3) is 22.2 Å². The Kier molecular flexibility index (Phi) is 7.00. The van der Waals surface area contributed by atoms with E-state index in [1.54, 1.807) is 12.1 Å². The quantitative estimate of drug-likeness (QED) is 0.310. The van der Waals surface area contributed by atoms with Crippen LogP contribution >= 0.6 is 0 Å². The number of fused-ring (bicyclic) bond motifs is 1. The molecule has 182 valence electrons. The van der Waals surface area contributed by atoms with Crippen molar-refractivity contribution in [3.05, 3.63) is 59.4 Å². The van der Waals surface area contributed by atoms with Crippen molar-refractivity contribution in [2.45, 2.75) is 45.1 Å². The zero-order valence-corrected chi connectivity index (χ0v) is 19.6. The molecule has 0 spiro atoms. The monoisotopic (exact) mass is 473 g/mol. The fourth-order valence-electron chi connectivity index (χ4n) is 4.40. The Labute approximate surface area is 197 Å². The fourth-order valence-corrected chi connectivity index (χ4v) is 4.40. The van der Waals surface area contributed by atoms with Crippen LogP contribution in [0.1, 0.15) is 45.1 Å². The van der Waals surface area contributed by atoms with Crippen LogP contribution in [0.4, 0.5) is 13.2 Å². The number of hydrogen-bond donors (Lipinski definition) is 3. The van der Waals surface area contributed by atoms with Gasteiger partial charge in [0.1, 0.15) is 17.5 Å². The minimum atomic E-state index is -0.657. The number of benzene rings is 2. The summed E-state index contributed by atoms with van der Waals surface area (Å²) in [5, 5.41) is 6.39. The van der Waals surface area contributed by atoms with Crippen molar-refractivity contribution in [1.82, 2.24) is 15.6 Å². The summed E-state index contributed by atoms with van der Waals surface area (Å²) in [5.41, 5.74) is 2.20. The normalized spacial score (nSPS) is 18.2. The lowest BCUT2D eigenvalue weighted by Crippen LogP contribution is -2.40. The molecule has 1 heterocycles. The Balaban J connectivity index is 1.41. The third-order valence-corrected chi connectivity index (χ3v) is 6.12. The van der Waals surface area contributed by atoms with Crippen LogP contribution in [-0.4, -0.2) is 36.3 Å². The summed E-state index contributed by atoms with van der Waals surface area (Å²) in [6.07, 6.45) is 1.56. The largest absolute Gasteiger partial charge is 0.361 e. The van der Waals surface area contributed by atoms with E-state index in [-0.39, 0.29) is 41.2 Å². The molecule has 0 radical (unpaired) electrons. The number of carbonyl (C=O) groups excluding carboxylic acids is 1. The molecule has 3 N–H and O–H groups in total. The first-order valence-corrected chi connectivity index (χ1v) is 11.5. The van der Waals surface area contributed by atoms with Crippen molar-refractivity contribution in [3.8, 4) is 11.3 Å². The lowest BCUT2D eigenvalue weighted by molar-refractivity contribution is -0.121. The average Bonchev–Trinajstić information content (AvgIpc) is 3.09. The SMILES string of the molecule is CC(C)(C)OCNCC(=O)NCC1CC(c2c(-c3ccc(F)cc3)[nH]c3c(F)cc(F)cc23)C1. The van der Waals surface area contributed by atoms with E-state index < -0.39 is 11.6 Å². The highest BCUT2D eigenvalue weighted by Crippen LogP contribution is 2.48. The molecule has 0 atom stereocenters. The molecule has 1 amide bonds. The number of ether oxygens (including phenoxy) is 1. The molecular weight excluding hydrogens is 443 g/mol. The maximum atomic E-state index is 14.5. The highest BCUT2D eigenvalue weighted by molar-refractivity contribution is 5.92. The first-order valence-electron chi connectivity index (χ1n) is 11.5. The van der Waals surface area contributed by atoms with E-state index in [1.807, 2.05) is 20.8 Å². The molecule has 4 rings (SSSR count). The Morgan fingerprint density at radius 3 is 2.47 bits per heavy atom. The lowest BCUT2D eigenvalue weighted by atomic mass is 9.70. The van der Waals surface area contributed by atoms with E-state index in [1.165, 1.54) is 18.2 Å². The van der Waals surface area contributed by atoms with Crippen molar-refractivity contribution < 1.29 is 22.7 Å². The maximum Gasteiger partial charge on any atom is 0.234 e. The summed E-state index contributed by atoms with van der Waals surface area (Å²) in [6, 6.07) is 8.16. The van der Waals surface area contributed by atoms with Gasteiger partial charge in [-0.05, 0) is 86.9 Å². The number of hydrogen-bond acceptors (Lipinski definition) is 3. The molecule has 1 saturated carbocycles. The molecule has 0 unspecified atom stereocenters. The Morgan fingerprint density at radius 1 is 1.09 bits per heavy atom. The molecule has 2 aromatic carbocycles. The standard InChI is InChI=1S/C26H30F3N3O2/c1-26(2,3)34-14-30-13-22(33)31-12-15-8-17(9-15)23-20-10-19(28)11-21(29)25(20)32-24(23)16-4-6-18(27)7-5-16/h4-7,10-11,15,17,30,32H,8-9,12-14H2,1-3H3,(H,31,33). The van der Waals surface area contributed by atoms with E-state index in [0.29, 0.717) is 29.9 Å². The Bertz CT molecular complexity index is 1160. The predicted octanol–water partition coefficient (Wildman–Crippen LogP) is 5.22. The molecule has 3 aromatic rings. The minimum Gasteiger partial charge on any atom is -0.361 e. The second kappa shape index (κ2) is 9.80. The van der Waals surface area contributed by atoms with Crippen LogP contribution < -0.4 is 10.6 Å². The Hall–Kier alpha value is -2.84. The number of rotatable bonds is 8. The van der Waals surface area contributed by atoms with E-state index in [4.69, 9.17) is 4.74 Å². The number of H-pyrrole nitrogens is 1. The zero-order valence-electron chi connectivity index (χ0n) is 19.6.